The summed E-state index contributed by atoms with van der Waals surface area (Å²) >= 11 is 6.02. The van der Waals surface area contributed by atoms with Crippen LogP contribution in [0.15, 0.2) is 44.3 Å². The molecule has 0 aliphatic carbocycles. The van der Waals surface area contributed by atoms with E-state index in [4.69, 9.17) is 20.5 Å². The van der Waals surface area contributed by atoms with Crippen molar-refractivity contribution in [3.05, 3.63) is 58.3 Å². The first-order chi connectivity index (χ1) is 14.3. The summed E-state index contributed by atoms with van der Waals surface area (Å²) in [7, 11) is 0. The Balaban J connectivity index is 0.00000341. The molecule has 3 rings (SSSR count). The van der Waals surface area contributed by atoms with Crippen LogP contribution in [0.1, 0.15) is 36.8 Å². The number of aryl methyl sites for hydroxylation is 2. The van der Waals surface area contributed by atoms with Gasteiger partial charge >= 0.3 is 0 Å². The van der Waals surface area contributed by atoms with Gasteiger partial charge in [-0.05, 0) is 45.9 Å². The molecule has 0 spiro atoms. The van der Waals surface area contributed by atoms with Gasteiger partial charge in [0, 0.05) is 22.7 Å². The third-order valence-electron chi connectivity index (χ3n) is 4.49. The molecule has 8 nitrogen and oxygen atoms in total. The highest BCUT2D eigenvalue weighted by molar-refractivity contribution is 14.0. The summed E-state index contributed by atoms with van der Waals surface area (Å²) in [5.74, 6) is 2.80. The Bertz CT molecular complexity index is 1030. The van der Waals surface area contributed by atoms with Crippen LogP contribution in [-0.2, 0) is 12.1 Å². The van der Waals surface area contributed by atoms with E-state index < -0.39 is 5.60 Å². The van der Waals surface area contributed by atoms with E-state index in [-0.39, 0.29) is 37.1 Å². The van der Waals surface area contributed by atoms with E-state index in [1.54, 1.807) is 19.1 Å². The van der Waals surface area contributed by atoms with E-state index >= 15 is 0 Å². The number of nitrogens with one attached hydrogen (secondary N) is 2. The minimum atomic E-state index is -1.12. The summed E-state index contributed by atoms with van der Waals surface area (Å²) in [6.07, 6.45) is 0. The largest absolute Gasteiger partial charge is 0.466 e. The number of nitrogens with zero attached hydrogens (tertiary/aromatic N) is 3. The zero-order chi connectivity index (χ0) is 21.7. The van der Waals surface area contributed by atoms with Gasteiger partial charge in [-0.15, -0.1) is 24.0 Å². The molecule has 3 N–H and O–H groups in total. The lowest BCUT2D eigenvalue weighted by atomic mass is 9.96. The molecule has 1 aromatic carbocycles. The lowest BCUT2D eigenvalue weighted by molar-refractivity contribution is 0.0601. The molecule has 0 saturated carbocycles. The molecule has 168 valence electrons. The van der Waals surface area contributed by atoms with Crippen molar-refractivity contribution in [3.63, 3.8) is 0 Å². The van der Waals surface area contributed by atoms with Crippen molar-refractivity contribution in [2.75, 3.05) is 13.1 Å². The van der Waals surface area contributed by atoms with Crippen LogP contribution >= 0.6 is 35.6 Å². The second kappa shape index (κ2) is 11.0. The third-order valence-corrected chi connectivity index (χ3v) is 4.72. The normalized spacial score (nSPS) is 13.4. The van der Waals surface area contributed by atoms with Crippen LogP contribution in [0.2, 0.25) is 5.02 Å². The molecule has 0 amide bonds. The maximum absolute atomic E-state index is 10.9. The molecule has 0 aliphatic rings. The Morgan fingerprint density at radius 3 is 2.68 bits per heavy atom. The number of benzene rings is 1. The summed E-state index contributed by atoms with van der Waals surface area (Å²) < 4.78 is 10.8. The molecule has 10 heteroatoms. The smallest absolute Gasteiger partial charge is 0.248 e. The third kappa shape index (κ3) is 6.68. The van der Waals surface area contributed by atoms with E-state index in [1.807, 2.05) is 39.0 Å². The van der Waals surface area contributed by atoms with E-state index in [0.717, 1.165) is 16.9 Å². The van der Waals surface area contributed by atoms with Crippen molar-refractivity contribution in [3.8, 4) is 11.4 Å². The Labute approximate surface area is 203 Å². The number of aromatic nitrogens is 2. The molecule has 31 heavy (non-hydrogen) atoms. The van der Waals surface area contributed by atoms with Crippen LogP contribution in [0, 0.1) is 13.8 Å². The Hall–Kier alpha value is -2.11. The number of hydrogen-bond donors (Lipinski definition) is 3. The molecule has 0 saturated heterocycles. The van der Waals surface area contributed by atoms with Crippen molar-refractivity contribution < 1.29 is 14.0 Å². The molecule has 1 unspecified atom stereocenters. The Kier molecular flexibility index (Phi) is 8.90. The number of rotatable bonds is 7. The Morgan fingerprint density at radius 2 is 2.03 bits per heavy atom. The molecule has 0 fully saturated rings. The number of hydrogen-bond acceptors (Lipinski definition) is 6. The zero-order valence-electron chi connectivity index (χ0n) is 17.9. The second-order valence-corrected chi connectivity index (χ2v) is 7.61. The van der Waals surface area contributed by atoms with Gasteiger partial charge in [0.1, 0.15) is 23.7 Å². The topological polar surface area (TPSA) is 109 Å². The van der Waals surface area contributed by atoms with Crippen LogP contribution in [0.3, 0.4) is 0 Å². The summed E-state index contributed by atoms with van der Waals surface area (Å²) in [5, 5.41) is 21.8. The van der Waals surface area contributed by atoms with Crippen LogP contribution in [-0.4, -0.2) is 34.3 Å². The van der Waals surface area contributed by atoms with Gasteiger partial charge in [-0.1, -0.05) is 28.9 Å². The quantitative estimate of drug-likeness (QED) is 0.226. The summed E-state index contributed by atoms with van der Waals surface area (Å²) in [5.41, 5.74) is 0.391. The molecule has 2 heterocycles. The first-order valence-corrected chi connectivity index (χ1v) is 10.1. The molecule has 3 aromatic rings. The number of guanidine groups is 1. The second-order valence-electron chi connectivity index (χ2n) is 7.17. The van der Waals surface area contributed by atoms with E-state index in [1.165, 1.54) is 0 Å². The fraction of sp³-hybridized carbons (Fsp3) is 0.381. The molecule has 0 bridgehead atoms. The fourth-order valence-corrected chi connectivity index (χ4v) is 3.26. The number of aliphatic imine (C=N–C) groups is 1. The first kappa shape index (κ1) is 25.2. The van der Waals surface area contributed by atoms with E-state index in [9.17, 15) is 5.11 Å². The monoisotopic (exact) mass is 559 g/mol. The molecular formula is C21H27ClIN5O3. The summed E-state index contributed by atoms with van der Waals surface area (Å²) in [6, 6.07) is 9.08. The van der Waals surface area contributed by atoms with Gasteiger partial charge in [-0.2, -0.15) is 4.98 Å². The van der Waals surface area contributed by atoms with Crippen LogP contribution < -0.4 is 10.6 Å². The van der Waals surface area contributed by atoms with E-state index in [0.29, 0.717) is 35.0 Å². The zero-order valence-corrected chi connectivity index (χ0v) is 21.0. The minimum absolute atomic E-state index is 0. The van der Waals surface area contributed by atoms with Crippen LogP contribution in [0.5, 0.6) is 0 Å². The predicted octanol–water partition coefficient (Wildman–Crippen LogP) is 4.18. The SMILES string of the molecule is CCNC(=NCc1nc(-c2cccc(Cl)c2)no1)NCC(C)(O)c1cc(C)oc1C.I. The van der Waals surface area contributed by atoms with Gasteiger partial charge < -0.3 is 24.7 Å². The summed E-state index contributed by atoms with van der Waals surface area (Å²) in [4.78, 5) is 8.83. The molecule has 1 atom stereocenters. The van der Waals surface area contributed by atoms with Gasteiger partial charge in [0.05, 0.1) is 6.54 Å². The molecular weight excluding hydrogens is 533 g/mol. The highest BCUT2D eigenvalue weighted by atomic mass is 127. The van der Waals surface area contributed by atoms with Gasteiger partial charge in [0.15, 0.2) is 5.96 Å². The van der Waals surface area contributed by atoms with Crippen molar-refractivity contribution >= 4 is 41.5 Å². The number of aliphatic hydroxyl groups is 1. The number of halogens is 2. The molecule has 2 aromatic heterocycles. The fourth-order valence-electron chi connectivity index (χ4n) is 3.07. The average molecular weight is 560 g/mol. The van der Waals surface area contributed by atoms with Crippen LogP contribution in [0.4, 0.5) is 0 Å². The highest BCUT2D eigenvalue weighted by Gasteiger charge is 2.28. The van der Waals surface area contributed by atoms with Gasteiger partial charge in [-0.3, -0.25) is 0 Å². The van der Waals surface area contributed by atoms with Crippen molar-refractivity contribution in [2.24, 2.45) is 4.99 Å². The van der Waals surface area contributed by atoms with Crippen molar-refractivity contribution in [1.82, 2.24) is 20.8 Å². The maximum Gasteiger partial charge on any atom is 0.248 e. The van der Waals surface area contributed by atoms with Gasteiger partial charge in [-0.25, -0.2) is 4.99 Å². The summed E-state index contributed by atoms with van der Waals surface area (Å²) in [6.45, 7) is 8.48. The number of furan rings is 1. The first-order valence-electron chi connectivity index (χ1n) is 9.69. The van der Waals surface area contributed by atoms with Gasteiger partial charge in [0.2, 0.25) is 11.7 Å². The highest BCUT2D eigenvalue weighted by Crippen LogP contribution is 2.26. The van der Waals surface area contributed by atoms with Crippen molar-refractivity contribution in [2.45, 2.75) is 39.8 Å². The molecule has 0 radical (unpaired) electrons. The van der Waals surface area contributed by atoms with Gasteiger partial charge in [0.25, 0.3) is 0 Å². The minimum Gasteiger partial charge on any atom is -0.466 e. The maximum atomic E-state index is 10.9. The molecule has 0 aliphatic heterocycles. The van der Waals surface area contributed by atoms with Crippen LogP contribution in [0.25, 0.3) is 11.4 Å². The lowest BCUT2D eigenvalue weighted by Crippen LogP contribution is -2.44. The average Bonchev–Trinajstić information content (AvgIpc) is 3.30. The lowest BCUT2D eigenvalue weighted by Gasteiger charge is -2.24. The predicted molar refractivity (Wildman–Crippen MR) is 131 cm³/mol. The van der Waals surface area contributed by atoms with E-state index in [2.05, 4.69) is 25.8 Å². The van der Waals surface area contributed by atoms with Crippen molar-refractivity contribution in [1.29, 1.82) is 0 Å². The Morgan fingerprint density at radius 1 is 1.26 bits per heavy atom. The standard InChI is InChI=1S/C21H26ClN5O3.HI/c1-5-23-20(25-12-21(4,28)17-9-13(2)29-14(17)3)24-11-18-26-19(27-30-18)15-7-6-8-16(22)10-15;/h6-10,28H,5,11-12H2,1-4H3,(H2,23,24,25);1H.